The maximum atomic E-state index is 12.5. The minimum absolute atomic E-state index is 0.0465. The molecule has 0 amide bonds. The highest BCUT2D eigenvalue weighted by Crippen LogP contribution is 2.38. The summed E-state index contributed by atoms with van der Waals surface area (Å²) in [5.41, 5.74) is 1.23. The van der Waals surface area contributed by atoms with E-state index < -0.39 is 12.1 Å². The Morgan fingerprint density at radius 1 is 1.23 bits per heavy atom. The van der Waals surface area contributed by atoms with Crippen molar-refractivity contribution in [3.63, 3.8) is 0 Å². The zero-order valence-electron chi connectivity index (χ0n) is 13.9. The Morgan fingerprint density at radius 2 is 1.92 bits per heavy atom. The number of carbonyl (C=O) groups excluding carboxylic acids is 2. The first kappa shape index (κ1) is 19.0. The van der Waals surface area contributed by atoms with Gasteiger partial charge in [0.15, 0.2) is 0 Å². The molecule has 0 spiro atoms. The molecule has 0 bridgehead atoms. The van der Waals surface area contributed by atoms with Crippen LogP contribution in [0, 0.1) is 5.92 Å². The van der Waals surface area contributed by atoms with Crippen LogP contribution in [0.4, 0.5) is 13.2 Å². The predicted molar refractivity (Wildman–Crippen MR) is 86.0 cm³/mol. The number of halogens is 4. The van der Waals surface area contributed by atoms with E-state index in [0.29, 0.717) is 42.1 Å². The van der Waals surface area contributed by atoms with Crippen LogP contribution < -0.4 is 4.74 Å². The third-order valence-electron chi connectivity index (χ3n) is 4.89. The number of alkyl halides is 3. The van der Waals surface area contributed by atoms with Crippen LogP contribution in [0.25, 0.3) is 0 Å². The Labute approximate surface area is 153 Å². The zero-order chi connectivity index (χ0) is 19.1. The summed E-state index contributed by atoms with van der Waals surface area (Å²) in [4.78, 5) is 24.8. The van der Waals surface area contributed by atoms with Gasteiger partial charge in [-0.1, -0.05) is 11.6 Å². The van der Waals surface area contributed by atoms with E-state index in [0.717, 1.165) is 6.42 Å². The number of carbonyl (C=O) groups is 2. The second-order valence-electron chi connectivity index (χ2n) is 6.46. The van der Waals surface area contributed by atoms with Crippen LogP contribution in [0.2, 0.25) is 5.02 Å². The Morgan fingerprint density at radius 3 is 2.54 bits per heavy atom. The summed E-state index contributed by atoms with van der Waals surface area (Å²) in [6, 6.07) is 2.78. The summed E-state index contributed by atoms with van der Waals surface area (Å²) in [5, 5.41) is 0.446. The van der Waals surface area contributed by atoms with Gasteiger partial charge < -0.3 is 9.47 Å². The van der Waals surface area contributed by atoms with Crippen LogP contribution >= 0.6 is 11.6 Å². The topological polar surface area (TPSA) is 55.8 Å². The van der Waals surface area contributed by atoms with Gasteiger partial charge in [-0.2, -0.15) is 13.2 Å². The smallest absolute Gasteiger partial charge is 0.469 e. The number of likely N-dealkylation sites (tertiary alicyclic amines) is 1. The summed E-state index contributed by atoms with van der Waals surface area (Å²) in [6.45, 7) is 1.09. The van der Waals surface area contributed by atoms with Crippen molar-refractivity contribution in [1.82, 2.24) is 4.90 Å². The van der Waals surface area contributed by atoms with Crippen LogP contribution in [0.3, 0.4) is 0 Å². The molecule has 2 aliphatic rings. The monoisotopic (exact) mass is 391 g/mol. The van der Waals surface area contributed by atoms with Crippen molar-refractivity contribution >= 4 is 23.5 Å². The van der Waals surface area contributed by atoms with Crippen molar-refractivity contribution in [2.45, 2.75) is 31.5 Å². The van der Waals surface area contributed by atoms with E-state index in [2.05, 4.69) is 9.64 Å². The lowest BCUT2D eigenvalue weighted by Gasteiger charge is -2.44. The molecule has 142 valence electrons. The molecule has 1 aromatic carbocycles. The third kappa shape index (κ3) is 3.66. The predicted octanol–water partition coefficient (Wildman–Crippen LogP) is 2.77. The molecular formula is C17H17ClF3NO4. The number of fused-ring (bicyclic) bond motifs is 1. The normalized spacial score (nSPS) is 20.9. The Balaban J connectivity index is 1.76. The first-order valence-corrected chi connectivity index (χ1v) is 8.49. The average molecular weight is 392 g/mol. The molecule has 1 fully saturated rings. The Kier molecular flexibility index (Phi) is 5.16. The average Bonchev–Trinajstić information content (AvgIpc) is 2.55. The standard InChI is InChI=1S/C17H17ClF3NO4/c1-25-15(23)9-7-22(8-9)10-2-3-11-12(6-10)14(5-4-13(11)18)26-16(24)17(19,20)21/h4-5,9-10H,2-3,6-8H2,1H3. The highest BCUT2D eigenvalue weighted by atomic mass is 35.5. The van der Waals surface area contributed by atoms with Gasteiger partial charge in [0.05, 0.1) is 13.0 Å². The number of nitrogens with zero attached hydrogens (tertiary/aromatic N) is 1. The van der Waals surface area contributed by atoms with Crippen molar-refractivity contribution < 1.29 is 32.2 Å². The van der Waals surface area contributed by atoms with E-state index in [4.69, 9.17) is 16.3 Å². The highest BCUT2D eigenvalue weighted by Gasteiger charge is 2.43. The van der Waals surface area contributed by atoms with Gasteiger partial charge in [-0.15, -0.1) is 0 Å². The second-order valence-corrected chi connectivity index (χ2v) is 6.87. The van der Waals surface area contributed by atoms with Crippen molar-refractivity contribution in [2.75, 3.05) is 20.2 Å². The SMILES string of the molecule is COC(=O)C1CN(C2CCc3c(Cl)ccc(OC(=O)C(F)(F)F)c3C2)C1. The lowest BCUT2D eigenvalue weighted by atomic mass is 9.84. The van der Waals surface area contributed by atoms with Gasteiger partial charge >= 0.3 is 18.1 Å². The van der Waals surface area contributed by atoms with E-state index in [1.54, 1.807) is 0 Å². The molecule has 1 atom stereocenters. The molecule has 1 heterocycles. The number of benzene rings is 1. The van der Waals surface area contributed by atoms with Crippen molar-refractivity contribution in [2.24, 2.45) is 5.92 Å². The molecule has 1 saturated heterocycles. The van der Waals surface area contributed by atoms with Crippen LogP contribution in [0.1, 0.15) is 17.5 Å². The number of ether oxygens (including phenoxy) is 2. The van der Waals surface area contributed by atoms with Gasteiger partial charge in [-0.25, -0.2) is 4.79 Å². The van der Waals surface area contributed by atoms with Gasteiger partial charge in [0.25, 0.3) is 0 Å². The minimum atomic E-state index is -5.06. The van der Waals surface area contributed by atoms with Crippen LogP contribution in [0.5, 0.6) is 5.75 Å². The fourth-order valence-corrected chi connectivity index (χ4v) is 3.75. The quantitative estimate of drug-likeness (QED) is 0.586. The molecule has 0 radical (unpaired) electrons. The van der Waals surface area contributed by atoms with Crippen molar-refractivity contribution in [3.05, 3.63) is 28.3 Å². The molecule has 0 N–H and O–H groups in total. The molecule has 1 unspecified atom stereocenters. The van der Waals surface area contributed by atoms with Gasteiger partial charge in [0.2, 0.25) is 0 Å². The largest absolute Gasteiger partial charge is 0.491 e. The fourth-order valence-electron chi connectivity index (χ4n) is 3.48. The zero-order valence-corrected chi connectivity index (χ0v) is 14.7. The molecule has 1 aliphatic carbocycles. The van der Waals surface area contributed by atoms with Crippen LogP contribution in [-0.2, 0) is 27.2 Å². The van der Waals surface area contributed by atoms with E-state index in [1.807, 2.05) is 0 Å². The van der Waals surface area contributed by atoms with Gasteiger partial charge in [-0.05, 0) is 37.0 Å². The first-order valence-electron chi connectivity index (χ1n) is 8.11. The molecule has 0 saturated carbocycles. The summed E-state index contributed by atoms with van der Waals surface area (Å²) < 4.78 is 46.8. The molecule has 3 rings (SSSR count). The molecule has 1 aliphatic heterocycles. The van der Waals surface area contributed by atoms with Gasteiger partial charge in [0, 0.05) is 29.7 Å². The number of methoxy groups -OCH3 is 1. The maximum absolute atomic E-state index is 12.5. The van der Waals surface area contributed by atoms with E-state index in [1.165, 1.54) is 19.2 Å². The fraction of sp³-hybridized carbons (Fsp3) is 0.529. The van der Waals surface area contributed by atoms with Gasteiger partial charge in [0.1, 0.15) is 5.75 Å². The van der Waals surface area contributed by atoms with Crippen molar-refractivity contribution in [3.8, 4) is 5.75 Å². The Bertz CT molecular complexity index is 731. The van der Waals surface area contributed by atoms with Crippen molar-refractivity contribution in [1.29, 1.82) is 0 Å². The maximum Gasteiger partial charge on any atom is 0.491 e. The van der Waals surface area contributed by atoms with E-state index >= 15 is 0 Å². The summed E-state index contributed by atoms with van der Waals surface area (Å²) in [6.07, 6.45) is -3.33. The highest BCUT2D eigenvalue weighted by molar-refractivity contribution is 6.31. The molecule has 1 aromatic rings. The molecule has 9 heteroatoms. The third-order valence-corrected chi connectivity index (χ3v) is 5.25. The van der Waals surface area contributed by atoms with Crippen LogP contribution in [-0.4, -0.2) is 49.3 Å². The second kappa shape index (κ2) is 7.08. The van der Waals surface area contributed by atoms with Crippen LogP contribution in [0.15, 0.2) is 12.1 Å². The molecule has 26 heavy (non-hydrogen) atoms. The number of esters is 2. The molecule has 5 nitrogen and oxygen atoms in total. The van der Waals surface area contributed by atoms with E-state index in [-0.39, 0.29) is 23.7 Å². The number of rotatable bonds is 3. The molecular weight excluding hydrogens is 375 g/mol. The van der Waals surface area contributed by atoms with E-state index in [9.17, 15) is 22.8 Å². The summed E-state index contributed by atoms with van der Waals surface area (Å²) in [5.74, 6) is -2.80. The number of hydrogen-bond acceptors (Lipinski definition) is 5. The summed E-state index contributed by atoms with van der Waals surface area (Å²) in [7, 11) is 1.34. The first-order chi connectivity index (χ1) is 12.2. The number of hydrogen-bond donors (Lipinski definition) is 0. The van der Waals surface area contributed by atoms with Gasteiger partial charge in [-0.3, -0.25) is 9.69 Å². The lowest BCUT2D eigenvalue weighted by molar-refractivity contribution is -0.189. The minimum Gasteiger partial charge on any atom is -0.469 e. The lowest BCUT2D eigenvalue weighted by Crippen LogP contribution is -2.56. The summed E-state index contributed by atoms with van der Waals surface area (Å²) >= 11 is 6.16. The molecule has 0 aromatic heterocycles. The Hall–Kier alpha value is -1.80.